The summed E-state index contributed by atoms with van der Waals surface area (Å²) in [5.74, 6) is 0. The maximum Gasteiger partial charge on any atom is 0.0668 e. The lowest BCUT2D eigenvalue weighted by Crippen LogP contribution is -2.43. The highest BCUT2D eigenvalue weighted by molar-refractivity contribution is 5.49. The minimum atomic E-state index is 0.427. The normalized spacial score (nSPS) is 21.4. The van der Waals surface area contributed by atoms with E-state index in [1.54, 1.807) is 0 Å². The van der Waals surface area contributed by atoms with Crippen LogP contribution < -0.4 is 10.2 Å². The van der Waals surface area contributed by atoms with Crippen LogP contribution in [0, 0.1) is 0 Å². The van der Waals surface area contributed by atoms with Gasteiger partial charge in [-0.1, -0.05) is 19.1 Å². The molecule has 3 heteroatoms. The van der Waals surface area contributed by atoms with Crippen molar-refractivity contribution in [3.63, 3.8) is 0 Å². The molecule has 2 unspecified atom stereocenters. The van der Waals surface area contributed by atoms with E-state index in [1.165, 1.54) is 17.7 Å². The molecule has 2 atom stereocenters. The summed E-state index contributed by atoms with van der Waals surface area (Å²) in [4.78, 5) is 2.43. The van der Waals surface area contributed by atoms with Crippen molar-refractivity contribution in [2.75, 3.05) is 31.2 Å². The third-order valence-electron chi connectivity index (χ3n) is 3.79. The fraction of sp³-hybridized carbons (Fsp3) is 0.625. The molecule has 0 saturated carbocycles. The van der Waals surface area contributed by atoms with Crippen molar-refractivity contribution in [3.8, 4) is 0 Å². The molecule has 1 fully saturated rings. The maximum atomic E-state index is 5.49. The van der Waals surface area contributed by atoms with Gasteiger partial charge in [-0.25, -0.2) is 0 Å². The van der Waals surface area contributed by atoms with E-state index in [4.69, 9.17) is 4.74 Å². The lowest BCUT2D eigenvalue weighted by Gasteiger charge is -2.35. The molecule has 0 radical (unpaired) electrons. The number of hydrogen-bond donors (Lipinski definition) is 1. The Kier molecular flexibility index (Phi) is 5.23. The standard InChI is InChI=1S/C16H26N2O/c1-4-9-17-14(3)15-5-7-16(8-6-15)18-10-11-19-12-13(18)2/h5-8,13-14,17H,4,9-12H2,1-3H3. The van der Waals surface area contributed by atoms with Crippen LogP contribution in [0.5, 0.6) is 0 Å². The predicted molar refractivity (Wildman–Crippen MR) is 80.8 cm³/mol. The number of hydrogen-bond acceptors (Lipinski definition) is 3. The van der Waals surface area contributed by atoms with Crippen molar-refractivity contribution in [1.82, 2.24) is 5.32 Å². The molecule has 106 valence electrons. The van der Waals surface area contributed by atoms with Gasteiger partial charge in [0.1, 0.15) is 0 Å². The second-order valence-corrected chi connectivity index (χ2v) is 5.38. The van der Waals surface area contributed by atoms with Gasteiger partial charge in [0.25, 0.3) is 0 Å². The molecular weight excluding hydrogens is 236 g/mol. The second kappa shape index (κ2) is 6.92. The molecule has 1 aliphatic heterocycles. The Hall–Kier alpha value is -1.06. The van der Waals surface area contributed by atoms with Gasteiger partial charge >= 0.3 is 0 Å². The Morgan fingerprint density at radius 1 is 1.37 bits per heavy atom. The van der Waals surface area contributed by atoms with Crippen LogP contribution in [0.3, 0.4) is 0 Å². The number of benzene rings is 1. The third kappa shape index (κ3) is 3.71. The molecule has 0 amide bonds. The van der Waals surface area contributed by atoms with E-state index in [1.807, 2.05) is 0 Å². The Bertz CT molecular complexity index is 377. The van der Waals surface area contributed by atoms with Gasteiger partial charge in [-0.15, -0.1) is 0 Å². The van der Waals surface area contributed by atoms with E-state index < -0.39 is 0 Å². The molecule has 1 aromatic rings. The molecule has 0 aromatic heterocycles. The Morgan fingerprint density at radius 3 is 2.74 bits per heavy atom. The number of nitrogens with one attached hydrogen (secondary N) is 1. The zero-order valence-corrected chi connectivity index (χ0v) is 12.4. The summed E-state index contributed by atoms with van der Waals surface area (Å²) in [5, 5.41) is 3.52. The van der Waals surface area contributed by atoms with Gasteiger partial charge in [0.05, 0.1) is 13.2 Å². The van der Waals surface area contributed by atoms with Crippen LogP contribution in [0.15, 0.2) is 24.3 Å². The van der Waals surface area contributed by atoms with E-state index in [-0.39, 0.29) is 0 Å². The topological polar surface area (TPSA) is 24.5 Å². The first kappa shape index (κ1) is 14.4. The summed E-state index contributed by atoms with van der Waals surface area (Å²) >= 11 is 0. The molecule has 3 nitrogen and oxygen atoms in total. The van der Waals surface area contributed by atoms with E-state index in [0.717, 1.165) is 26.3 Å². The first-order chi connectivity index (χ1) is 9.22. The minimum absolute atomic E-state index is 0.427. The van der Waals surface area contributed by atoms with Crippen LogP contribution in [0.4, 0.5) is 5.69 Å². The average Bonchev–Trinajstić information content (AvgIpc) is 2.45. The van der Waals surface area contributed by atoms with Crippen LogP contribution in [-0.2, 0) is 4.74 Å². The fourth-order valence-corrected chi connectivity index (χ4v) is 2.54. The molecule has 19 heavy (non-hydrogen) atoms. The van der Waals surface area contributed by atoms with Crippen molar-refractivity contribution < 1.29 is 4.74 Å². The van der Waals surface area contributed by atoms with Gasteiger partial charge in [-0.2, -0.15) is 0 Å². The number of anilines is 1. The van der Waals surface area contributed by atoms with E-state index in [9.17, 15) is 0 Å². The Labute approximate surface area is 116 Å². The molecule has 1 saturated heterocycles. The summed E-state index contributed by atoms with van der Waals surface area (Å²) in [7, 11) is 0. The van der Waals surface area contributed by atoms with Crippen LogP contribution in [-0.4, -0.2) is 32.3 Å². The Morgan fingerprint density at radius 2 is 2.11 bits per heavy atom. The second-order valence-electron chi connectivity index (χ2n) is 5.38. The fourth-order valence-electron chi connectivity index (χ4n) is 2.54. The van der Waals surface area contributed by atoms with Crippen LogP contribution in [0.2, 0.25) is 0 Å². The summed E-state index contributed by atoms with van der Waals surface area (Å²) in [6.45, 7) is 10.4. The summed E-state index contributed by atoms with van der Waals surface area (Å²) in [5.41, 5.74) is 2.67. The molecule has 2 rings (SSSR count). The highest BCUT2D eigenvalue weighted by Gasteiger charge is 2.19. The van der Waals surface area contributed by atoms with Gasteiger partial charge in [0, 0.05) is 24.3 Å². The highest BCUT2D eigenvalue weighted by Crippen LogP contribution is 2.22. The van der Waals surface area contributed by atoms with E-state index in [0.29, 0.717) is 12.1 Å². The molecule has 0 spiro atoms. The number of ether oxygens (including phenoxy) is 1. The summed E-state index contributed by atoms with van der Waals surface area (Å²) in [6, 6.07) is 9.85. The van der Waals surface area contributed by atoms with Crippen molar-refractivity contribution in [2.24, 2.45) is 0 Å². The average molecular weight is 262 g/mol. The van der Waals surface area contributed by atoms with Crippen molar-refractivity contribution in [3.05, 3.63) is 29.8 Å². The largest absolute Gasteiger partial charge is 0.377 e. The van der Waals surface area contributed by atoms with Gasteiger partial charge in [0.15, 0.2) is 0 Å². The van der Waals surface area contributed by atoms with E-state index in [2.05, 4.69) is 55.3 Å². The summed E-state index contributed by atoms with van der Waals surface area (Å²) in [6.07, 6.45) is 1.17. The molecule has 1 aromatic carbocycles. The Balaban J connectivity index is 2.01. The third-order valence-corrected chi connectivity index (χ3v) is 3.79. The van der Waals surface area contributed by atoms with Crippen LogP contribution in [0.1, 0.15) is 38.8 Å². The molecule has 1 N–H and O–H groups in total. The molecular formula is C16H26N2O. The zero-order valence-electron chi connectivity index (χ0n) is 12.4. The molecule has 1 heterocycles. The number of rotatable bonds is 5. The number of nitrogens with zero attached hydrogens (tertiary/aromatic N) is 1. The number of morpholine rings is 1. The van der Waals surface area contributed by atoms with E-state index >= 15 is 0 Å². The predicted octanol–water partition coefficient (Wildman–Crippen LogP) is 2.97. The lowest BCUT2D eigenvalue weighted by molar-refractivity contribution is 0.0989. The van der Waals surface area contributed by atoms with Gasteiger partial charge in [-0.3, -0.25) is 0 Å². The first-order valence-electron chi connectivity index (χ1n) is 7.40. The lowest BCUT2D eigenvalue weighted by atomic mass is 10.1. The molecule has 0 aliphatic carbocycles. The van der Waals surface area contributed by atoms with Gasteiger partial charge < -0.3 is 15.0 Å². The molecule has 1 aliphatic rings. The van der Waals surface area contributed by atoms with Crippen molar-refractivity contribution in [1.29, 1.82) is 0 Å². The smallest absolute Gasteiger partial charge is 0.0668 e. The first-order valence-corrected chi connectivity index (χ1v) is 7.40. The summed E-state index contributed by atoms with van der Waals surface area (Å²) < 4.78 is 5.49. The monoisotopic (exact) mass is 262 g/mol. The van der Waals surface area contributed by atoms with Crippen molar-refractivity contribution in [2.45, 2.75) is 39.3 Å². The SMILES string of the molecule is CCCNC(C)c1ccc(N2CCOCC2C)cc1. The van der Waals surface area contributed by atoms with Gasteiger partial charge in [-0.05, 0) is 44.5 Å². The molecule has 0 bridgehead atoms. The van der Waals surface area contributed by atoms with Crippen LogP contribution in [0.25, 0.3) is 0 Å². The minimum Gasteiger partial charge on any atom is -0.377 e. The highest BCUT2D eigenvalue weighted by atomic mass is 16.5. The van der Waals surface area contributed by atoms with Crippen molar-refractivity contribution >= 4 is 5.69 Å². The maximum absolute atomic E-state index is 5.49. The quantitative estimate of drug-likeness (QED) is 0.883. The zero-order chi connectivity index (χ0) is 13.7. The van der Waals surface area contributed by atoms with Gasteiger partial charge in [0.2, 0.25) is 0 Å². The van der Waals surface area contributed by atoms with Crippen LogP contribution >= 0.6 is 0 Å².